The quantitative estimate of drug-likeness (QED) is 0.283. The molecule has 0 unspecified atom stereocenters. The average molecular weight is 514 g/mol. The summed E-state index contributed by atoms with van der Waals surface area (Å²) in [6.07, 6.45) is -3.19. The van der Waals surface area contributed by atoms with Crippen LogP contribution in [0.2, 0.25) is 0 Å². The summed E-state index contributed by atoms with van der Waals surface area (Å²) in [4.78, 5) is 13.8. The van der Waals surface area contributed by atoms with Crippen molar-refractivity contribution in [1.82, 2.24) is 5.32 Å². The van der Waals surface area contributed by atoms with Crippen LogP contribution >= 0.6 is 19.8 Å². The topological polar surface area (TPSA) is 50.8 Å². The number of carbonyl (C=O) groups excluding carboxylic acids is 1. The number of ether oxygens (including phenoxy) is 2. The average Bonchev–Trinajstić information content (AvgIpc) is 3.14. The Morgan fingerprint density at radius 2 is 2.00 bits per heavy atom. The Kier molecular flexibility index (Phi) is 7.08. The molecule has 28 heavy (non-hydrogen) atoms. The van der Waals surface area contributed by atoms with Gasteiger partial charge in [-0.2, -0.15) is 0 Å². The van der Waals surface area contributed by atoms with Gasteiger partial charge < -0.3 is 0 Å². The zero-order valence-electron chi connectivity index (χ0n) is 16.0. The van der Waals surface area contributed by atoms with Crippen LogP contribution in [-0.2, 0) is 20.4 Å². The van der Waals surface area contributed by atoms with Gasteiger partial charge in [0, 0.05) is 0 Å². The normalized spacial score (nSPS) is 22.5. The number of nitrogens with one attached hydrogen (secondary N) is 1. The van der Waals surface area contributed by atoms with E-state index in [2.05, 4.69) is 5.32 Å². The summed E-state index contributed by atoms with van der Waals surface area (Å²) >= 11 is -1.74. The SMILES string of the molecule is COC[C@H]1CNCI1c1ccc(C(F)(F)F)cc1N1CCC(C(=O)OC)CC1. The van der Waals surface area contributed by atoms with E-state index in [1.165, 1.54) is 19.2 Å². The number of anilines is 1. The standard InChI is InChI=1S/C19H26F3IN2O3/c1-27-11-15-10-24-12-23(15)16-4-3-14(19(20,21)22)9-17(16)25-7-5-13(6-8-25)18(26)28-2/h3-4,9,13,15,24H,5-8,10-12H2,1-2H3/t15-/m1/s1. The van der Waals surface area contributed by atoms with Gasteiger partial charge in [-0.1, -0.05) is 0 Å². The minimum atomic E-state index is -4.37. The summed E-state index contributed by atoms with van der Waals surface area (Å²) in [7, 11) is 3.03. The van der Waals surface area contributed by atoms with Gasteiger partial charge in [0.2, 0.25) is 0 Å². The first-order chi connectivity index (χ1) is 13.3. The minimum absolute atomic E-state index is 0.177. The number of piperidine rings is 1. The van der Waals surface area contributed by atoms with Crippen molar-refractivity contribution in [3.63, 3.8) is 0 Å². The predicted molar refractivity (Wildman–Crippen MR) is 110 cm³/mol. The maximum absolute atomic E-state index is 13.4. The molecule has 0 amide bonds. The van der Waals surface area contributed by atoms with Crippen molar-refractivity contribution in [3.8, 4) is 0 Å². The molecule has 5 nitrogen and oxygen atoms in total. The Balaban J connectivity index is 1.90. The van der Waals surface area contributed by atoms with Gasteiger partial charge in [0.1, 0.15) is 0 Å². The fourth-order valence-corrected chi connectivity index (χ4v) is 10.1. The molecule has 0 spiro atoms. The van der Waals surface area contributed by atoms with Crippen LogP contribution in [0.25, 0.3) is 0 Å². The number of benzene rings is 1. The second-order valence-electron chi connectivity index (χ2n) is 6.99. The van der Waals surface area contributed by atoms with Crippen molar-refractivity contribution in [1.29, 1.82) is 0 Å². The molecule has 0 aliphatic carbocycles. The third-order valence-corrected chi connectivity index (χ3v) is 11.9. The summed E-state index contributed by atoms with van der Waals surface area (Å²) in [5, 5.41) is 3.40. The summed E-state index contributed by atoms with van der Waals surface area (Å²) < 4.78 is 52.5. The van der Waals surface area contributed by atoms with E-state index in [0.29, 0.717) is 42.2 Å². The van der Waals surface area contributed by atoms with Crippen LogP contribution in [0.3, 0.4) is 0 Å². The van der Waals surface area contributed by atoms with E-state index in [1.54, 1.807) is 13.2 Å². The number of esters is 1. The fourth-order valence-electron chi connectivity index (χ4n) is 3.73. The molecule has 1 N–H and O–H groups in total. The van der Waals surface area contributed by atoms with E-state index in [4.69, 9.17) is 9.47 Å². The van der Waals surface area contributed by atoms with Crippen molar-refractivity contribution in [2.75, 3.05) is 49.9 Å². The van der Waals surface area contributed by atoms with Crippen LogP contribution in [0.4, 0.5) is 18.9 Å². The predicted octanol–water partition coefficient (Wildman–Crippen LogP) is 3.35. The molecule has 0 aromatic heterocycles. The second-order valence-corrected chi connectivity index (χ2v) is 12.9. The number of hydrogen-bond acceptors (Lipinski definition) is 5. The first-order valence-corrected chi connectivity index (χ1v) is 13.1. The van der Waals surface area contributed by atoms with Gasteiger partial charge >= 0.3 is 170 Å². The van der Waals surface area contributed by atoms with Crippen molar-refractivity contribution in [3.05, 3.63) is 27.3 Å². The number of alkyl halides is 5. The van der Waals surface area contributed by atoms with Gasteiger partial charge in [0.05, 0.1) is 0 Å². The van der Waals surface area contributed by atoms with Crippen LogP contribution < -0.4 is 10.2 Å². The summed E-state index contributed by atoms with van der Waals surface area (Å²) in [5.41, 5.74) is 0.0702. The van der Waals surface area contributed by atoms with E-state index in [0.717, 1.165) is 14.7 Å². The molecule has 0 saturated carbocycles. The van der Waals surface area contributed by atoms with Gasteiger partial charge in [0.15, 0.2) is 0 Å². The van der Waals surface area contributed by atoms with Crippen LogP contribution in [0.5, 0.6) is 0 Å². The molecule has 0 bridgehead atoms. The van der Waals surface area contributed by atoms with Crippen molar-refractivity contribution >= 4 is 31.5 Å². The molecule has 2 heterocycles. The Morgan fingerprint density at radius 3 is 2.61 bits per heavy atom. The molecular weight excluding hydrogens is 488 g/mol. The number of hydrogen-bond donors (Lipinski definition) is 1. The van der Waals surface area contributed by atoms with Crippen LogP contribution in [0.15, 0.2) is 18.2 Å². The molecule has 1 aromatic rings. The number of rotatable bonds is 5. The molecule has 2 saturated heterocycles. The number of halogens is 4. The number of nitrogens with zero attached hydrogens (tertiary/aromatic N) is 1. The number of methoxy groups -OCH3 is 2. The Labute approximate surface area is 170 Å². The van der Waals surface area contributed by atoms with E-state index in [-0.39, 0.29) is 11.9 Å². The second kappa shape index (κ2) is 9.17. The zero-order chi connectivity index (χ0) is 20.3. The molecule has 9 heteroatoms. The third kappa shape index (κ3) is 4.73. The monoisotopic (exact) mass is 514 g/mol. The van der Waals surface area contributed by atoms with Gasteiger partial charge in [-0.3, -0.25) is 0 Å². The van der Waals surface area contributed by atoms with Gasteiger partial charge in [0.25, 0.3) is 0 Å². The molecule has 2 fully saturated rings. The maximum atomic E-state index is 13.4. The Bertz CT molecular complexity index is 693. The molecule has 2 aliphatic rings. The summed E-state index contributed by atoms with van der Waals surface area (Å²) in [6, 6.07) is 4.19. The van der Waals surface area contributed by atoms with Crippen molar-refractivity contribution in [2.45, 2.75) is 22.9 Å². The fraction of sp³-hybridized carbons (Fsp3) is 0.632. The summed E-state index contributed by atoms with van der Waals surface area (Å²) in [5.74, 6) is -0.414. The van der Waals surface area contributed by atoms with Crippen LogP contribution in [-0.4, -0.2) is 54.9 Å². The molecule has 158 valence electrons. The van der Waals surface area contributed by atoms with Gasteiger partial charge in [-0.25, -0.2) is 0 Å². The zero-order valence-corrected chi connectivity index (χ0v) is 18.2. The third-order valence-electron chi connectivity index (χ3n) is 5.23. The molecule has 1 atom stereocenters. The Morgan fingerprint density at radius 1 is 1.29 bits per heavy atom. The van der Waals surface area contributed by atoms with E-state index < -0.39 is 31.6 Å². The molecule has 0 radical (unpaired) electrons. The van der Waals surface area contributed by atoms with Crippen LogP contribution in [0.1, 0.15) is 18.4 Å². The first-order valence-electron chi connectivity index (χ1n) is 9.23. The molecule has 1 aromatic carbocycles. The Hall–Kier alpha value is -1.07. The van der Waals surface area contributed by atoms with Crippen molar-refractivity contribution < 1.29 is 27.4 Å². The van der Waals surface area contributed by atoms with Gasteiger partial charge in [-0.15, -0.1) is 0 Å². The van der Waals surface area contributed by atoms with Crippen molar-refractivity contribution in [2.24, 2.45) is 5.92 Å². The van der Waals surface area contributed by atoms with E-state index in [1.807, 2.05) is 4.90 Å². The van der Waals surface area contributed by atoms with Gasteiger partial charge in [-0.05, 0) is 0 Å². The van der Waals surface area contributed by atoms with E-state index in [9.17, 15) is 18.0 Å². The van der Waals surface area contributed by atoms with E-state index >= 15 is 0 Å². The first kappa shape index (κ1) is 21.6. The molecule has 3 rings (SSSR count). The number of carbonyl (C=O) groups is 1. The molecular formula is C19H26F3IN2O3. The summed E-state index contributed by atoms with van der Waals surface area (Å²) in [6.45, 7) is 2.59. The molecule has 2 aliphatic heterocycles. The van der Waals surface area contributed by atoms with Crippen LogP contribution in [0, 0.1) is 9.49 Å².